The maximum Gasteiger partial charge on any atom is 0.335 e. The second-order valence-electron chi connectivity index (χ2n) is 6.91. The summed E-state index contributed by atoms with van der Waals surface area (Å²) in [6, 6.07) is 8.48. The molecule has 2 N–H and O–H groups in total. The van der Waals surface area contributed by atoms with Gasteiger partial charge in [-0.2, -0.15) is 0 Å². The van der Waals surface area contributed by atoms with E-state index in [0.29, 0.717) is 11.6 Å². The second kappa shape index (κ2) is 8.19. The van der Waals surface area contributed by atoms with Crippen LogP contribution in [0.3, 0.4) is 0 Å². The number of carboxylic acids is 1. The maximum atomic E-state index is 12.9. The van der Waals surface area contributed by atoms with Gasteiger partial charge < -0.3 is 10.0 Å². The molecule has 1 atom stereocenters. The Hall–Kier alpha value is -1.96. The van der Waals surface area contributed by atoms with Crippen LogP contribution in [-0.4, -0.2) is 32.6 Å². The summed E-state index contributed by atoms with van der Waals surface area (Å²) in [7, 11) is -3.98. The van der Waals surface area contributed by atoms with Gasteiger partial charge in [0.25, 0.3) is 10.0 Å². The predicted molar refractivity (Wildman–Crippen MR) is 111 cm³/mol. The highest BCUT2D eigenvalue weighted by atomic mass is 35.5. The third kappa shape index (κ3) is 4.54. The quantitative estimate of drug-likeness (QED) is 0.698. The van der Waals surface area contributed by atoms with Gasteiger partial charge in [0.15, 0.2) is 0 Å². The van der Waals surface area contributed by atoms with Gasteiger partial charge >= 0.3 is 5.97 Å². The van der Waals surface area contributed by atoms with Crippen molar-refractivity contribution in [3.8, 4) is 0 Å². The molecule has 0 aliphatic carbocycles. The molecule has 0 unspecified atom stereocenters. The van der Waals surface area contributed by atoms with Crippen LogP contribution in [-0.2, 0) is 10.0 Å². The van der Waals surface area contributed by atoms with Crippen molar-refractivity contribution in [2.75, 3.05) is 22.7 Å². The van der Waals surface area contributed by atoms with Crippen LogP contribution in [0.4, 0.5) is 11.4 Å². The molecule has 1 saturated heterocycles. The first-order valence-electron chi connectivity index (χ1n) is 8.77. The minimum Gasteiger partial charge on any atom is -0.478 e. The molecule has 1 fully saturated rings. The first-order chi connectivity index (χ1) is 13.2. The molecule has 0 amide bonds. The maximum absolute atomic E-state index is 12.9. The van der Waals surface area contributed by atoms with Crippen molar-refractivity contribution in [2.24, 2.45) is 5.92 Å². The molecule has 0 spiro atoms. The fourth-order valence-electron chi connectivity index (χ4n) is 3.28. The summed E-state index contributed by atoms with van der Waals surface area (Å²) in [4.78, 5) is 13.4. The number of piperidine rings is 1. The van der Waals surface area contributed by atoms with Crippen LogP contribution in [0.1, 0.15) is 30.1 Å². The molecule has 0 aromatic heterocycles. The Bertz CT molecular complexity index is 1010. The van der Waals surface area contributed by atoms with Gasteiger partial charge in [0.2, 0.25) is 0 Å². The summed E-state index contributed by atoms with van der Waals surface area (Å²) in [5.41, 5.74) is 0.876. The van der Waals surface area contributed by atoms with E-state index < -0.39 is 16.0 Å². The summed E-state index contributed by atoms with van der Waals surface area (Å²) in [6.45, 7) is 3.68. The first kappa shape index (κ1) is 20.8. The van der Waals surface area contributed by atoms with Gasteiger partial charge in [-0.3, -0.25) is 4.72 Å². The molecular weight excluding hydrogens is 423 g/mol. The van der Waals surface area contributed by atoms with Crippen molar-refractivity contribution in [3.05, 3.63) is 52.0 Å². The van der Waals surface area contributed by atoms with E-state index in [1.54, 1.807) is 6.07 Å². The topological polar surface area (TPSA) is 86.7 Å². The van der Waals surface area contributed by atoms with Crippen molar-refractivity contribution in [3.63, 3.8) is 0 Å². The van der Waals surface area contributed by atoms with Crippen molar-refractivity contribution < 1.29 is 18.3 Å². The van der Waals surface area contributed by atoms with Gasteiger partial charge in [0.1, 0.15) is 0 Å². The van der Waals surface area contributed by atoms with Gasteiger partial charge in [-0.15, -0.1) is 0 Å². The minimum absolute atomic E-state index is 0.000599. The van der Waals surface area contributed by atoms with E-state index in [0.717, 1.165) is 25.9 Å². The molecule has 6 nitrogen and oxygen atoms in total. The molecule has 2 aromatic rings. The van der Waals surface area contributed by atoms with E-state index in [2.05, 4.69) is 16.5 Å². The molecule has 3 rings (SSSR count). The molecule has 28 heavy (non-hydrogen) atoms. The van der Waals surface area contributed by atoms with Gasteiger partial charge in [0.05, 0.1) is 31.9 Å². The Labute approximate surface area is 174 Å². The zero-order valence-corrected chi connectivity index (χ0v) is 17.5. The van der Waals surface area contributed by atoms with Crippen molar-refractivity contribution in [1.29, 1.82) is 0 Å². The molecule has 0 radical (unpaired) electrons. The largest absolute Gasteiger partial charge is 0.478 e. The molecule has 2 aromatic carbocycles. The number of hydrogen-bond donors (Lipinski definition) is 2. The zero-order chi connectivity index (χ0) is 20.5. The number of nitrogens with zero attached hydrogens (tertiary/aromatic N) is 1. The lowest BCUT2D eigenvalue weighted by Gasteiger charge is -2.34. The molecule has 1 aliphatic heterocycles. The number of carbonyl (C=O) groups is 1. The van der Waals surface area contributed by atoms with Crippen LogP contribution >= 0.6 is 23.2 Å². The van der Waals surface area contributed by atoms with Crippen LogP contribution in [0.15, 0.2) is 41.3 Å². The van der Waals surface area contributed by atoms with Gasteiger partial charge in [-0.1, -0.05) is 30.1 Å². The van der Waals surface area contributed by atoms with Crippen LogP contribution in [0, 0.1) is 5.92 Å². The monoisotopic (exact) mass is 442 g/mol. The molecule has 9 heteroatoms. The summed E-state index contributed by atoms with van der Waals surface area (Å²) in [5, 5.41) is 9.68. The van der Waals surface area contributed by atoms with E-state index in [4.69, 9.17) is 23.2 Å². The highest BCUT2D eigenvalue weighted by Crippen LogP contribution is 2.33. The molecular formula is C19H20Cl2N2O4S. The first-order valence-corrected chi connectivity index (χ1v) is 11.0. The van der Waals surface area contributed by atoms with E-state index >= 15 is 0 Å². The molecule has 0 bridgehead atoms. The van der Waals surface area contributed by atoms with Crippen LogP contribution in [0.2, 0.25) is 10.0 Å². The summed E-state index contributed by atoms with van der Waals surface area (Å²) >= 11 is 11.8. The second-order valence-corrected chi connectivity index (χ2v) is 9.41. The summed E-state index contributed by atoms with van der Waals surface area (Å²) in [6.07, 6.45) is 2.09. The number of benzene rings is 2. The van der Waals surface area contributed by atoms with Crippen LogP contribution in [0.25, 0.3) is 0 Å². The third-order valence-corrected chi connectivity index (χ3v) is 6.79. The normalized spacial score (nSPS) is 17.4. The average molecular weight is 443 g/mol. The fourth-order valence-corrected chi connectivity index (χ4v) is 4.74. The van der Waals surface area contributed by atoms with Gasteiger partial charge in [-0.25, -0.2) is 13.2 Å². The highest BCUT2D eigenvalue weighted by molar-refractivity contribution is 7.92. The zero-order valence-electron chi connectivity index (χ0n) is 15.2. The number of sulfonamides is 1. The average Bonchev–Trinajstić information content (AvgIpc) is 2.63. The standard InChI is InChI=1S/C19H20Cl2N2O4S/c1-12-3-2-8-23(11-12)18-7-4-13(19(24)25)9-17(18)22-28(26,27)14-5-6-15(20)16(21)10-14/h4-7,9-10,12,22H,2-3,8,11H2,1H3,(H,24,25)/t12-/m1/s1. The summed E-state index contributed by atoms with van der Waals surface area (Å²) in [5.74, 6) is -0.666. The number of aromatic carboxylic acids is 1. The Balaban J connectivity index is 2.01. The smallest absolute Gasteiger partial charge is 0.335 e. The third-order valence-electron chi connectivity index (χ3n) is 4.69. The molecule has 1 aliphatic rings. The number of hydrogen-bond acceptors (Lipinski definition) is 4. The van der Waals surface area contributed by atoms with E-state index in [-0.39, 0.29) is 26.2 Å². The summed E-state index contributed by atoms with van der Waals surface area (Å²) < 4.78 is 28.3. The Morgan fingerprint density at radius 1 is 1.18 bits per heavy atom. The van der Waals surface area contributed by atoms with E-state index in [1.165, 1.54) is 30.3 Å². The highest BCUT2D eigenvalue weighted by Gasteiger charge is 2.23. The predicted octanol–water partition coefficient (Wildman–Crippen LogP) is 4.73. The van der Waals surface area contributed by atoms with Gasteiger partial charge in [-0.05, 0) is 55.2 Å². The van der Waals surface area contributed by atoms with E-state index in [9.17, 15) is 18.3 Å². The Morgan fingerprint density at radius 2 is 1.93 bits per heavy atom. The fraction of sp³-hybridized carbons (Fsp3) is 0.316. The SMILES string of the molecule is C[C@@H]1CCCN(c2ccc(C(=O)O)cc2NS(=O)(=O)c2ccc(Cl)c(Cl)c2)C1. The lowest BCUT2D eigenvalue weighted by molar-refractivity contribution is 0.0697. The number of halogens is 2. The Morgan fingerprint density at radius 3 is 2.57 bits per heavy atom. The number of anilines is 2. The van der Waals surface area contributed by atoms with Crippen molar-refractivity contribution >= 4 is 50.6 Å². The lowest BCUT2D eigenvalue weighted by atomic mass is 9.99. The van der Waals surface area contributed by atoms with Crippen LogP contribution < -0.4 is 9.62 Å². The number of rotatable bonds is 5. The minimum atomic E-state index is -3.98. The van der Waals surface area contributed by atoms with Crippen molar-refractivity contribution in [1.82, 2.24) is 0 Å². The number of nitrogens with one attached hydrogen (secondary N) is 1. The van der Waals surface area contributed by atoms with Crippen LogP contribution in [0.5, 0.6) is 0 Å². The molecule has 150 valence electrons. The number of carboxylic acid groups (broad SMARTS) is 1. The van der Waals surface area contributed by atoms with E-state index in [1.807, 2.05) is 0 Å². The molecule has 0 saturated carbocycles. The molecule has 1 heterocycles. The lowest BCUT2D eigenvalue weighted by Crippen LogP contribution is -2.35. The van der Waals surface area contributed by atoms with Crippen molar-refractivity contribution in [2.45, 2.75) is 24.7 Å². The Kier molecular flexibility index (Phi) is 6.07. The van der Waals surface area contributed by atoms with Gasteiger partial charge in [0, 0.05) is 13.1 Å².